The SMILES string of the molecule is CCN(C(=O)C1CC2CC2C1)c1cccc(C)c1. The van der Waals surface area contributed by atoms with E-state index in [4.69, 9.17) is 0 Å². The number of hydrogen-bond donors (Lipinski definition) is 0. The number of amides is 1. The summed E-state index contributed by atoms with van der Waals surface area (Å²) in [6.07, 6.45) is 3.64. The fourth-order valence-electron chi connectivity index (χ4n) is 3.40. The van der Waals surface area contributed by atoms with Crippen molar-refractivity contribution in [1.82, 2.24) is 0 Å². The summed E-state index contributed by atoms with van der Waals surface area (Å²) in [6.45, 7) is 4.91. The first kappa shape index (κ1) is 11.8. The van der Waals surface area contributed by atoms with Gasteiger partial charge in [0, 0.05) is 18.2 Å². The zero-order valence-electron chi connectivity index (χ0n) is 11.2. The van der Waals surface area contributed by atoms with Gasteiger partial charge in [0.1, 0.15) is 0 Å². The van der Waals surface area contributed by atoms with E-state index >= 15 is 0 Å². The number of aryl methyl sites for hydroxylation is 1. The Hall–Kier alpha value is -1.31. The van der Waals surface area contributed by atoms with E-state index in [0.717, 1.165) is 36.9 Å². The van der Waals surface area contributed by atoms with E-state index < -0.39 is 0 Å². The molecule has 0 aromatic heterocycles. The second-order valence-electron chi connectivity index (χ2n) is 5.85. The van der Waals surface area contributed by atoms with E-state index in [1.165, 1.54) is 12.0 Å². The van der Waals surface area contributed by atoms with Crippen LogP contribution in [-0.4, -0.2) is 12.5 Å². The molecule has 0 bridgehead atoms. The smallest absolute Gasteiger partial charge is 0.230 e. The molecule has 2 atom stereocenters. The van der Waals surface area contributed by atoms with Crippen LogP contribution >= 0.6 is 0 Å². The molecule has 96 valence electrons. The van der Waals surface area contributed by atoms with Gasteiger partial charge in [-0.25, -0.2) is 0 Å². The highest BCUT2D eigenvalue weighted by atomic mass is 16.2. The Balaban J connectivity index is 1.77. The molecule has 2 unspecified atom stereocenters. The number of fused-ring (bicyclic) bond motifs is 1. The number of rotatable bonds is 3. The molecule has 0 radical (unpaired) electrons. The highest BCUT2D eigenvalue weighted by molar-refractivity contribution is 5.95. The highest BCUT2D eigenvalue weighted by Crippen LogP contribution is 2.54. The lowest BCUT2D eigenvalue weighted by Crippen LogP contribution is -2.35. The zero-order chi connectivity index (χ0) is 12.7. The van der Waals surface area contributed by atoms with E-state index in [-0.39, 0.29) is 5.92 Å². The molecule has 2 aliphatic rings. The van der Waals surface area contributed by atoms with Crippen molar-refractivity contribution in [3.8, 4) is 0 Å². The van der Waals surface area contributed by atoms with Crippen LogP contribution in [0, 0.1) is 24.7 Å². The molecule has 1 aromatic carbocycles. The van der Waals surface area contributed by atoms with Gasteiger partial charge in [0.05, 0.1) is 0 Å². The van der Waals surface area contributed by atoms with Gasteiger partial charge in [-0.15, -0.1) is 0 Å². The quantitative estimate of drug-likeness (QED) is 0.797. The number of nitrogens with zero attached hydrogens (tertiary/aromatic N) is 1. The van der Waals surface area contributed by atoms with E-state index in [1.807, 2.05) is 17.0 Å². The summed E-state index contributed by atoms with van der Waals surface area (Å²) in [5, 5.41) is 0. The minimum absolute atomic E-state index is 0.286. The average Bonchev–Trinajstić information content (AvgIpc) is 2.97. The molecular weight excluding hydrogens is 222 g/mol. The Bertz CT molecular complexity index is 458. The Labute approximate surface area is 109 Å². The predicted octanol–water partition coefficient (Wildman–Crippen LogP) is 3.39. The Kier molecular flexibility index (Phi) is 2.89. The molecule has 18 heavy (non-hydrogen) atoms. The number of carbonyl (C=O) groups is 1. The van der Waals surface area contributed by atoms with Gasteiger partial charge < -0.3 is 4.90 Å². The van der Waals surface area contributed by atoms with Crippen molar-refractivity contribution in [2.75, 3.05) is 11.4 Å². The molecule has 2 fully saturated rings. The summed E-state index contributed by atoms with van der Waals surface area (Å²) >= 11 is 0. The molecule has 3 rings (SSSR count). The number of anilines is 1. The van der Waals surface area contributed by atoms with Gasteiger partial charge in [0.2, 0.25) is 5.91 Å². The maximum absolute atomic E-state index is 12.6. The number of benzene rings is 1. The van der Waals surface area contributed by atoms with Crippen molar-refractivity contribution in [2.24, 2.45) is 17.8 Å². The van der Waals surface area contributed by atoms with Gasteiger partial charge in [0.25, 0.3) is 0 Å². The molecule has 0 saturated heterocycles. The number of carbonyl (C=O) groups excluding carboxylic acids is 1. The van der Waals surface area contributed by atoms with Gasteiger partial charge in [0.15, 0.2) is 0 Å². The standard InChI is InChI=1S/C16H21NO/c1-3-17(15-6-4-5-11(2)7-15)16(18)14-9-12-8-13(12)10-14/h4-7,12-14H,3,8-10H2,1-2H3. The van der Waals surface area contributed by atoms with Crippen molar-refractivity contribution in [2.45, 2.75) is 33.1 Å². The maximum Gasteiger partial charge on any atom is 0.230 e. The summed E-state index contributed by atoms with van der Waals surface area (Å²) in [5.41, 5.74) is 2.27. The molecule has 0 N–H and O–H groups in total. The predicted molar refractivity (Wildman–Crippen MR) is 73.5 cm³/mol. The van der Waals surface area contributed by atoms with Crippen molar-refractivity contribution in [3.05, 3.63) is 29.8 Å². The second-order valence-corrected chi connectivity index (χ2v) is 5.85. The topological polar surface area (TPSA) is 20.3 Å². The van der Waals surface area contributed by atoms with Crippen LogP contribution < -0.4 is 4.90 Å². The second kappa shape index (κ2) is 4.42. The van der Waals surface area contributed by atoms with Crippen molar-refractivity contribution in [1.29, 1.82) is 0 Å². The van der Waals surface area contributed by atoms with Gasteiger partial charge in [-0.2, -0.15) is 0 Å². The third kappa shape index (κ3) is 2.05. The monoisotopic (exact) mass is 243 g/mol. The third-order valence-corrected chi connectivity index (χ3v) is 4.49. The first-order valence-electron chi connectivity index (χ1n) is 7.07. The molecule has 0 aliphatic heterocycles. The van der Waals surface area contributed by atoms with Gasteiger partial charge in [-0.05, 0) is 62.6 Å². The van der Waals surface area contributed by atoms with Crippen molar-refractivity contribution in [3.63, 3.8) is 0 Å². The lowest BCUT2D eigenvalue weighted by molar-refractivity contribution is -0.122. The van der Waals surface area contributed by atoms with Gasteiger partial charge in [-0.3, -0.25) is 4.79 Å². The molecule has 2 saturated carbocycles. The molecule has 2 nitrogen and oxygen atoms in total. The molecular formula is C16H21NO. The first-order chi connectivity index (χ1) is 8.69. The first-order valence-corrected chi connectivity index (χ1v) is 7.07. The van der Waals surface area contributed by atoms with Crippen LogP contribution in [0.3, 0.4) is 0 Å². The largest absolute Gasteiger partial charge is 0.312 e. The van der Waals surface area contributed by atoms with Gasteiger partial charge in [-0.1, -0.05) is 12.1 Å². The van der Waals surface area contributed by atoms with E-state index in [2.05, 4.69) is 26.0 Å². The normalized spacial score (nSPS) is 28.9. The Morgan fingerprint density at radius 3 is 2.61 bits per heavy atom. The van der Waals surface area contributed by atoms with Crippen LogP contribution in [0.15, 0.2) is 24.3 Å². The third-order valence-electron chi connectivity index (χ3n) is 4.49. The van der Waals surface area contributed by atoms with E-state index in [0.29, 0.717) is 5.91 Å². The summed E-state index contributed by atoms with van der Waals surface area (Å²) in [6, 6.07) is 8.26. The molecule has 1 amide bonds. The van der Waals surface area contributed by atoms with Crippen LogP contribution in [-0.2, 0) is 4.79 Å². The zero-order valence-corrected chi connectivity index (χ0v) is 11.2. The molecule has 0 heterocycles. The molecule has 0 spiro atoms. The summed E-state index contributed by atoms with van der Waals surface area (Å²) in [7, 11) is 0. The molecule has 2 aliphatic carbocycles. The highest BCUT2D eigenvalue weighted by Gasteiger charge is 2.48. The van der Waals surface area contributed by atoms with E-state index in [9.17, 15) is 4.79 Å². The maximum atomic E-state index is 12.6. The number of hydrogen-bond acceptors (Lipinski definition) is 1. The lowest BCUT2D eigenvalue weighted by atomic mass is 10.0. The van der Waals surface area contributed by atoms with Crippen LogP contribution in [0.5, 0.6) is 0 Å². The van der Waals surface area contributed by atoms with Crippen LogP contribution in [0.25, 0.3) is 0 Å². The van der Waals surface area contributed by atoms with Crippen LogP contribution in [0.1, 0.15) is 31.7 Å². The van der Waals surface area contributed by atoms with Crippen LogP contribution in [0.4, 0.5) is 5.69 Å². The van der Waals surface area contributed by atoms with Crippen LogP contribution in [0.2, 0.25) is 0 Å². The fraction of sp³-hybridized carbons (Fsp3) is 0.562. The van der Waals surface area contributed by atoms with Crippen molar-refractivity contribution < 1.29 is 4.79 Å². The van der Waals surface area contributed by atoms with Crippen molar-refractivity contribution >= 4 is 11.6 Å². The average molecular weight is 243 g/mol. The molecule has 1 aromatic rings. The minimum Gasteiger partial charge on any atom is -0.312 e. The van der Waals surface area contributed by atoms with Gasteiger partial charge >= 0.3 is 0 Å². The summed E-state index contributed by atoms with van der Waals surface area (Å²) in [4.78, 5) is 14.5. The fourth-order valence-corrected chi connectivity index (χ4v) is 3.40. The Morgan fingerprint density at radius 1 is 1.28 bits per heavy atom. The van der Waals surface area contributed by atoms with E-state index in [1.54, 1.807) is 0 Å². The Morgan fingerprint density at radius 2 is 2.00 bits per heavy atom. The summed E-state index contributed by atoms with van der Waals surface area (Å²) < 4.78 is 0. The lowest BCUT2D eigenvalue weighted by Gasteiger charge is -2.25. The summed E-state index contributed by atoms with van der Waals surface area (Å²) in [5.74, 6) is 2.37. The molecule has 2 heteroatoms. The minimum atomic E-state index is 0.286.